The molecule has 1 aromatic carbocycles. The number of carbonyl (C=O) groups is 3. The Morgan fingerprint density at radius 2 is 1.91 bits per heavy atom. The van der Waals surface area contributed by atoms with Crippen LogP contribution in [0.5, 0.6) is 5.75 Å². The topological polar surface area (TPSA) is 85.4 Å². The molecular weight excluding hydrogens is 412 g/mol. The summed E-state index contributed by atoms with van der Waals surface area (Å²) in [6.45, 7) is 5.92. The van der Waals surface area contributed by atoms with Crippen LogP contribution >= 0.6 is 0 Å². The Morgan fingerprint density at radius 3 is 2.50 bits per heavy atom. The maximum atomic E-state index is 13.4. The van der Waals surface area contributed by atoms with Gasteiger partial charge in [0.1, 0.15) is 23.3 Å². The summed E-state index contributed by atoms with van der Waals surface area (Å²) in [5, 5.41) is 0. The molecule has 4 rings (SSSR count). The number of carbonyl (C=O) groups excluding carboxylic acids is 3. The van der Waals surface area contributed by atoms with Gasteiger partial charge >= 0.3 is 12.1 Å². The highest BCUT2D eigenvalue weighted by Gasteiger charge is 2.75. The van der Waals surface area contributed by atoms with Gasteiger partial charge in [-0.2, -0.15) is 0 Å². The molecule has 0 N–H and O–H groups in total. The van der Waals surface area contributed by atoms with E-state index in [-0.39, 0.29) is 0 Å². The first kappa shape index (κ1) is 22.4. The van der Waals surface area contributed by atoms with Gasteiger partial charge in [-0.1, -0.05) is 0 Å². The van der Waals surface area contributed by atoms with Crippen molar-refractivity contribution in [1.29, 1.82) is 0 Å². The monoisotopic (exact) mass is 444 g/mol. The first-order valence-corrected chi connectivity index (χ1v) is 11.0. The normalized spacial score (nSPS) is 30.8. The number of rotatable bonds is 3. The van der Waals surface area contributed by atoms with E-state index in [4.69, 9.17) is 14.2 Å². The minimum atomic E-state index is -0.845. The van der Waals surface area contributed by atoms with Crippen LogP contribution in [0.4, 0.5) is 10.5 Å². The number of aldehydes is 1. The lowest BCUT2D eigenvalue weighted by Crippen LogP contribution is -2.69. The van der Waals surface area contributed by atoms with E-state index in [1.54, 1.807) is 12.0 Å². The third kappa shape index (κ3) is 2.77. The van der Waals surface area contributed by atoms with Crippen molar-refractivity contribution in [2.24, 2.45) is 11.8 Å². The van der Waals surface area contributed by atoms with Crippen molar-refractivity contribution in [2.75, 3.05) is 32.7 Å². The molecule has 1 aromatic rings. The van der Waals surface area contributed by atoms with Crippen molar-refractivity contribution in [3.63, 3.8) is 0 Å². The number of likely N-dealkylation sites (N-methyl/N-ethyl adjacent to an activating group) is 1. The smallest absolute Gasteiger partial charge is 0.412 e. The first-order valence-electron chi connectivity index (χ1n) is 11.0. The summed E-state index contributed by atoms with van der Waals surface area (Å²) in [4.78, 5) is 42.6. The van der Waals surface area contributed by atoms with Crippen LogP contribution in [-0.2, 0) is 24.5 Å². The van der Waals surface area contributed by atoms with Gasteiger partial charge < -0.3 is 23.9 Å². The molecule has 2 heterocycles. The van der Waals surface area contributed by atoms with Crippen LogP contribution in [0, 0.1) is 11.8 Å². The standard InChI is InChI=1S/C24H32N2O6/c1-22(2,3)32-21(29)26-12-11-23-17-13-16(30-5)7-8-18(17)25(4)24(23,26)10-9-15(14-27)19(23)20(28)31-6/h7-8,13-15,19H,9-12H2,1-6H3. The summed E-state index contributed by atoms with van der Waals surface area (Å²) >= 11 is 0. The molecular formula is C24H32N2O6. The van der Waals surface area contributed by atoms with Gasteiger partial charge in [-0.3, -0.25) is 9.69 Å². The Bertz CT molecular complexity index is 956. The number of ether oxygens (including phenoxy) is 3. The molecule has 0 bridgehead atoms. The van der Waals surface area contributed by atoms with Crippen LogP contribution in [0.1, 0.15) is 45.6 Å². The van der Waals surface area contributed by atoms with E-state index in [9.17, 15) is 14.4 Å². The first-order chi connectivity index (χ1) is 15.1. The Hall–Kier alpha value is -2.77. The summed E-state index contributed by atoms with van der Waals surface area (Å²) in [5.41, 5.74) is -0.498. The third-order valence-corrected chi connectivity index (χ3v) is 7.52. The van der Waals surface area contributed by atoms with E-state index < -0.39 is 40.6 Å². The lowest BCUT2D eigenvalue weighted by Gasteiger charge is -2.55. The Kier molecular flexibility index (Phi) is 5.18. The summed E-state index contributed by atoms with van der Waals surface area (Å²) in [5.74, 6) is -0.988. The lowest BCUT2D eigenvalue weighted by atomic mass is 9.54. The molecule has 174 valence electrons. The molecule has 2 fully saturated rings. The number of likely N-dealkylation sites (tertiary alicyclic amines) is 1. The average Bonchev–Trinajstić information content (AvgIpc) is 3.21. The van der Waals surface area contributed by atoms with Crippen molar-refractivity contribution in [3.8, 4) is 5.75 Å². The van der Waals surface area contributed by atoms with Gasteiger partial charge in [0.15, 0.2) is 0 Å². The zero-order valence-corrected chi connectivity index (χ0v) is 19.6. The molecule has 1 amide bonds. The Morgan fingerprint density at radius 1 is 1.19 bits per heavy atom. The molecule has 8 nitrogen and oxygen atoms in total. The number of hydrogen-bond donors (Lipinski definition) is 0. The highest BCUT2D eigenvalue weighted by atomic mass is 16.6. The summed E-state index contributed by atoms with van der Waals surface area (Å²) in [7, 11) is 4.90. The number of esters is 1. The molecule has 0 spiro atoms. The molecule has 0 aromatic heterocycles. The summed E-state index contributed by atoms with van der Waals surface area (Å²) in [6, 6.07) is 5.77. The van der Waals surface area contributed by atoms with Crippen LogP contribution < -0.4 is 9.64 Å². The highest BCUT2D eigenvalue weighted by molar-refractivity contribution is 5.85. The highest BCUT2D eigenvalue weighted by Crippen LogP contribution is 2.67. The minimum absolute atomic E-state index is 0.412. The van der Waals surface area contributed by atoms with E-state index in [0.29, 0.717) is 31.6 Å². The van der Waals surface area contributed by atoms with Gasteiger partial charge in [0.25, 0.3) is 0 Å². The Labute approximate surface area is 188 Å². The predicted molar refractivity (Wildman–Crippen MR) is 118 cm³/mol. The molecule has 32 heavy (non-hydrogen) atoms. The number of anilines is 1. The zero-order chi connectivity index (χ0) is 23.5. The van der Waals surface area contributed by atoms with Crippen LogP contribution in [-0.4, -0.2) is 62.3 Å². The van der Waals surface area contributed by atoms with Gasteiger partial charge in [0, 0.05) is 25.2 Å². The number of benzene rings is 1. The van der Waals surface area contributed by atoms with Gasteiger partial charge in [0.2, 0.25) is 0 Å². The molecule has 4 unspecified atom stereocenters. The largest absolute Gasteiger partial charge is 0.497 e. The van der Waals surface area contributed by atoms with Crippen molar-refractivity contribution in [3.05, 3.63) is 23.8 Å². The van der Waals surface area contributed by atoms with E-state index in [1.807, 2.05) is 46.0 Å². The fraction of sp³-hybridized carbons (Fsp3) is 0.625. The molecule has 3 aliphatic rings. The van der Waals surface area contributed by atoms with Gasteiger partial charge in [-0.15, -0.1) is 0 Å². The van der Waals surface area contributed by atoms with E-state index in [1.165, 1.54) is 7.11 Å². The fourth-order valence-corrected chi connectivity index (χ4v) is 6.44. The molecule has 1 saturated heterocycles. The number of methoxy groups -OCH3 is 2. The second kappa shape index (κ2) is 7.39. The number of amides is 1. The van der Waals surface area contributed by atoms with Gasteiger partial charge in [-0.05, 0) is 63.8 Å². The summed E-state index contributed by atoms with van der Waals surface area (Å²) in [6.07, 6.45) is 1.98. The third-order valence-electron chi connectivity index (χ3n) is 7.52. The van der Waals surface area contributed by atoms with E-state index >= 15 is 0 Å². The second-order valence-corrected chi connectivity index (χ2v) is 9.95. The molecule has 2 aliphatic heterocycles. The van der Waals surface area contributed by atoms with Crippen molar-refractivity contribution in [2.45, 2.75) is 56.7 Å². The molecule has 1 saturated carbocycles. The van der Waals surface area contributed by atoms with Crippen LogP contribution in [0.2, 0.25) is 0 Å². The lowest BCUT2D eigenvalue weighted by molar-refractivity contribution is -0.157. The number of hydrogen-bond acceptors (Lipinski definition) is 7. The second-order valence-electron chi connectivity index (χ2n) is 9.95. The molecule has 8 heteroatoms. The van der Waals surface area contributed by atoms with Crippen LogP contribution in [0.15, 0.2) is 18.2 Å². The molecule has 0 radical (unpaired) electrons. The van der Waals surface area contributed by atoms with Crippen LogP contribution in [0.25, 0.3) is 0 Å². The van der Waals surface area contributed by atoms with Gasteiger partial charge in [0.05, 0.1) is 25.6 Å². The molecule has 4 atom stereocenters. The van der Waals surface area contributed by atoms with E-state index in [0.717, 1.165) is 17.5 Å². The average molecular weight is 445 g/mol. The maximum absolute atomic E-state index is 13.4. The van der Waals surface area contributed by atoms with E-state index in [2.05, 4.69) is 4.90 Å². The van der Waals surface area contributed by atoms with Crippen LogP contribution in [0.3, 0.4) is 0 Å². The van der Waals surface area contributed by atoms with Crippen molar-refractivity contribution >= 4 is 24.0 Å². The van der Waals surface area contributed by atoms with Crippen molar-refractivity contribution in [1.82, 2.24) is 4.90 Å². The molecule has 1 aliphatic carbocycles. The number of nitrogens with zero attached hydrogens (tertiary/aromatic N) is 2. The SMILES string of the molecule is COC(=O)C1C(C=O)CCC23N(C(=O)OC(C)(C)C)CCC12c1cc(OC)ccc1N3C. The Balaban J connectivity index is 1.97. The zero-order valence-electron chi connectivity index (χ0n) is 19.6. The quantitative estimate of drug-likeness (QED) is 0.523. The van der Waals surface area contributed by atoms with Crippen molar-refractivity contribution < 1.29 is 28.6 Å². The fourth-order valence-electron chi connectivity index (χ4n) is 6.44. The minimum Gasteiger partial charge on any atom is -0.497 e. The van der Waals surface area contributed by atoms with Gasteiger partial charge in [-0.25, -0.2) is 4.79 Å². The number of fused-ring (bicyclic) bond motifs is 1. The predicted octanol–water partition coefficient (Wildman–Crippen LogP) is 3.12. The maximum Gasteiger partial charge on any atom is 0.412 e. The summed E-state index contributed by atoms with van der Waals surface area (Å²) < 4.78 is 16.5.